The number of nitrogen functional groups attached to an aromatic ring is 1. The topological polar surface area (TPSA) is 49.5 Å². The highest BCUT2D eigenvalue weighted by Crippen LogP contribution is 2.24. The summed E-state index contributed by atoms with van der Waals surface area (Å²) in [6, 6.07) is 5.60. The number of rotatable bonds is 2. The monoisotopic (exact) mass is 180 g/mol. The molecular weight excluding hydrogens is 164 g/mol. The van der Waals surface area contributed by atoms with Crippen LogP contribution in [0.3, 0.4) is 0 Å². The van der Waals surface area contributed by atoms with Crippen LogP contribution < -0.4 is 10.6 Å². The molecule has 1 atom stereocenters. The van der Waals surface area contributed by atoms with Crippen LogP contribution in [0.15, 0.2) is 18.2 Å². The van der Waals surface area contributed by atoms with Crippen molar-refractivity contribution in [1.82, 2.24) is 0 Å². The molecule has 0 radical (unpaired) electrons. The normalized spacial score (nSPS) is 12.6. The van der Waals surface area contributed by atoms with Gasteiger partial charge in [-0.15, -0.1) is 0 Å². The maximum atomic E-state index is 9.31. The fourth-order valence-corrected chi connectivity index (χ4v) is 1.24. The summed E-state index contributed by atoms with van der Waals surface area (Å²) in [5.74, 6) is 0. The van der Waals surface area contributed by atoms with Gasteiger partial charge in [0.2, 0.25) is 0 Å². The van der Waals surface area contributed by atoms with Crippen LogP contribution in [0.1, 0.15) is 18.6 Å². The molecule has 1 rings (SSSR count). The fraction of sp³-hybridized carbons (Fsp3) is 0.400. The largest absolute Gasteiger partial charge is 0.397 e. The molecule has 3 heteroatoms. The standard InChI is InChI=1S/C10H16N2O/c1-7(13)8-4-5-10(12(2)3)9(11)6-8/h4-7,13H,11H2,1-3H3/t7-/m1/s1. The number of hydrogen-bond donors (Lipinski definition) is 2. The lowest BCUT2D eigenvalue weighted by molar-refractivity contribution is 0.199. The Bertz CT molecular complexity index is 295. The molecule has 3 nitrogen and oxygen atoms in total. The van der Waals surface area contributed by atoms with Crippen LogP contribution in [-0.4, -0.2) is 19.2 Å². The summed E-state index contributed by atoms with van der Waals surface area (Å²) in [5.41, 5.74) is 8.33. The maximum absolute atomic E-state index is 9.31. The molecule has 13 heavy (non-hydrogen) atoms. The summed E-state index contributed by atoms with van der Waals surface area (Å²) < 4.78 is 0. The number of hydrogen-bond acceptors (Lipinski definition) is 3. The number of aliphatic hydroxyl groups excluding tert-OH is 1. The summed E-state index contributed by atoms with van der Waals surface area (Å²) in [6.45, 7) is 1.73. The summed E-state index contributed by atoms with van der Waals surface area (Å²) in [4.78, 5) is 1.95. The van der Waals surface area contributed by atoms with Gasteiger partial charge in [0.1, 0.15) is 0 Å². The van der Waals surface area contributed by atoms with Crippen molar-refractivity contribution in [3.05, 3.63) is 23.8 Å². The number of anilines is 2. The van der Waals surface area contributed by atoms with Gasteiger partial charge in [0.05, 0.1) is 17.5 Å². The van der Waals surface area contributed by atoms with E-state index in [0.717, 1.165) is 11.3 Å². The van der Waals surface area contributed by atoms with Gasteiger partial charge in [0.15, 0.2) is 0 Å². The highest BCUT2D eigenvalue weighted by molar-refractivity contribution is 5.67. The third-order valence-corrected chi connectivity index (χ3v) is 2.02. The summed E-state index contributed by atoms with van der Waals surface area (Å²) in [6.07, 6.45) is -0.460. The van der Waals surface area contributed by atoms with E-state index in [1.807, 2.05) is 31.1 Å². The molecule has 0 fully saturated rings. The Morgan fingerprint density at radius 1 is 1.38 bits per heavy atom. The Kier molecular flexibility index (Phi) is 2.78. The van der Waals surface area contributed by atoms with E-state index < -0.39 is 6.10 Å². The second-order valence-corrected chi connectivity index (χ2v) is 3.39. The molecule has 0 unspecified atom stereocenters. The van der Waals surface area contributed by atoms with E-state index in [1.54, 1.807) is 13.0 Å². The van der Waals surface area contributed by atoms with Gasteiger partial charge in [-0.25, -0.2) is 0 Å². The average molecular weight is 180 g/mol. The first-order valence-electron chi connectivity index (χ1n) is 4.27. The van der Waals surface area contributed by atoms with Gasteiger partial charge < -0.3 is 15.7 Å². The van der Waals surface area contributed by atoms with Crippen molar-refractivity contribution < 1.29 is 5.11 Å². The Morgan fingerprint density at radius 2 is 2.00 bits per heavy atom. The van der Waals surface area contributed by atoms with Gasteiger partial charge in [0.25, 0.3) is 0 Å². The molecule has 0 aromatic heterocycles. The van der Waals surface area contributed by atoms with Crippen molar-refractivity contribution in [2.24, 2.45) is 0 Å². The first kappa shape index (κ1) is 9.86. The van der Waals surface area contributed by atoms with Crippen molar-refractivity contribution in [3.8, 4) is 0 Å². The number of nitrogens with two attached hydrogens (primary N) is 1. The Hall–Kier alpha value is -1.22. The van der Waals surface area contributed by atoms with Crippen LogP contribution >= 0.6 is 0 Å². The molecular formula is C10H16N2O. The minimum atomic E-state index is -0.460. The SMILES string of the molecule is C[C@@H](O)c1ccc(N(C)C)c(N)c1. The zero-order valence-corrected chi connectivity index (χ0v) is 8.28. The minimum Gasteiger partial charge on any atom is -0.397 e. The second kappa shape index (κ2) is 3.66. The van der Waals surface area contributed by atoms with Gasteiger partial charge in [-0.1, -0.05) is 6.07 Å². The van der Waals surface area contributed by atoms with Crippen molar-refractivity contribution in [2.45, 2.75) is 13.0 Å². The summed E-state index contributed by atoms with van der Waals surface area (Å²) >= 11 is 0. The Balaban J connectivity index is 3.06. The summed E-state index contributed by atoms with van der Waals surface area (Å²) in [7, 11) is 3.88. The zero-order chi connectivity index (χ0) is 10.0. The number of nitrogens with zero attached hydrogens (tertiary/aromatic N) is 1. The lowest BCUT2D eigenvalue weighted by Crippen LogP contribution is -2.11. The average Bonchev–Trinajstić information content (AvgIpc) is 2.03. The predicted octanol–water partition coefficient (Wildman–Crippen LogP) is 1.39. The Morgan fingerprint density at radius 3 is 2.38 bits per heavy atom. The van der Waals surface area contributed by atoms with Gasteiger partial charge in [-0.2, -0.15) is 0 Å². The lowest BCUT2D eigenvalue weighted by atomic mass is 10.1. The van der Waals surface area contributed by atoms with Crippen LogP contribution in [0.2, 0.25) is 0 Å². The van der Waals surface area contributed by atoms with Gasteiger partial charge in [-0.3, -0.25) is 0 Å². The van der Waals surface area contributed by atoms with Gasteiger partial charge in [0, 0.05) is 14.1 Å². The molecule has 0 saturated heterocycles. The van der Waals surface area contributed by atoms with E-state index in [2.05, 4.69) is 0 Å². The molecule has 1 aromatic carbocycles. The second-order valence-electron chi connectivity index (χ2n) is 3.39. The van der Waals surface area contributed by atoms with Crippen LogP contribution in [-0.2, 0) is 0 Å². The van der Waals surface area contributed by atoms with Crippen LogP contribution in [0.4, 0.5) is 11.4 Å². The van der Waals surface area contributed by atoms with Gasteiger partial charge >= 0.3 is 0 Å². The zero-order valence-electron chi connectivity index (χ0n) is 8.28. The number of aliphatic hydroxyl groups is 1. The third kappa shape index (κ3) is 2.12. The Labute approximate surface area is 78.8 Å². The first-order chi connectivity index (χ1) is 6.02. The van der Waals surface area contributed by atoms with E-state index in [1.165, 1.54) is 0 Å². The van der Waals surface area contributed by atoms with Crippen LogP contribution in [0.25, 0.3) is 0 Å². The minimum absolute atomic E-state index is 0.460. The van der Waals surface area contributed by atoms with Gasteiger partial charge in [-0.05, 0) is 24.6 Å². The summed E-state index contributed by atoms with van der Waals surface area (Å²) in [5, 5.41) is 9.31. The van der Waals surface area contributed by atoms with Crippen molar-refractivity contribution in [1.29, 1.82) is 0 Å². The molecule has 0 aliphatic heterocycles. The molecule has 0 bridgehead atoms. The van der Waals surface area contributed by atoms with Crippen LogP contribution in [0.5, 0.6) is 0 Å². The maximum Gasteiger partial charge on any atom is 0.0762 e. The first-order valence-corrected chi connectivity index (χ1v) is 4.27. The quantitative estimate of drug-likeness (QED) is 0.676. The molecule has 3 N–H and O–H groups in total. The molecule has 0 amide bonds. The van der Waals surface area contributed by atoms with E-state index in [4.69, 9.17) is 5.73 Å². The molecule has 0 saturated carbocycles. The van der Waals surface area contributed by atoms with Crippen molar-refractivity contribution >= 4 is 11.4 Å². The molecule has 0 aliphatic carbocycles. The highest BCUT2D eigenvalue weighted by atomic mass is 16.3. The smallest absolute Gasteiger partial charge is 0.0762 e. The predicted molar refractivity (Wildman–Crippen MR) is 55.8 cm³/mol. The van der Waals surface area contributed by atoms with Crippen LogP contribution in [0, 0.1) is 0 Å². The fourth-order valence-electron chi connectivity index (χ4n) is 1.24. The highest BCUT2D eigenvalue weighted by Gasteiger charge is 2.05. The van der Waals surface area contributed by atoms with Crippen molar-refractivity contribution in [2.75, 3.05) is 24.7 Å². The molecule has 0 spiro atoms. The molecule has 0 aliphatic rings. The molecule has 1 aromatic rings. The van der Waals surface area contributed by atoms with E-state index in [0.29, 0.717) is 5.69 Å². The third-order valence-electron chi connectivity index (χ3n) is 2.02. The van der Waals surface area contributed by atoms with E-state index in [-0.39, 0.29) is 0 Å². The number of benzene rings is 1. The van der Waals surface area contributed by atoms with E-state index >= 15 is 0 Å². The lowest BCUT2D eigenvalue weighted by Gasteiger charge is -2.16. The molecule has 72 valence electrons. The molecule has 0 heterocycles. The van der Waals surface area contributed by atoms with Crippen molar-refractivity contribution in [3.63, 3.8) is 0 Å². The van der Waals surface area contributed by atoms with E-state index in [9.17, 15) is 5.11 Å².